The molecule has 6 aromatic rings. The summed E-state index contributed by atoms with van der Waals surface area (Å²) in [5.41, 5.74) is 16.6. The number of halogens is 7. The number of likely N-dealkylation sites (tertiary alicyclic amines) is 1. The van der Waals surface area contributed by atoms with Gasteiger partial charge in [0.1, 0.15) is 46.3 Å². The van der Waals surface area contributed by atoms with E-state index in [9.17, 15) is 45.5 Å². The van der Waals surface area contributed by atoms with Gasteiger partial charge in [0, 0.05) is 94.7 Å². The first-order chi connectivity index (χ1) is 40.2. The van der Waals surface area contributed by atoms with Gasteiger partial charge in [0.2, 0.25) is 11.8 Å². The molecule has 4 unspecified atom stereocenters. The summed E-state index contributed by atoms with van der Waals surface area (Å²) in [4.78, 5) is 75.7. The third-order valence-corrected chi connectivity index (χ3v) is 12.3. The fourth-order valence-corrected chi connectivity index (χ4v) is 7.81. The molecule has 2 aliphatic heterocycles. The van der Waals surface area contributed by atoms with Crippen molar-refractivity contribution in [3.05, 3.63) is 195 Å². The molecule has 6 N–H and O–H groups in total. The Balaban J connectivity index is 0.000000340. The number of carbonyl (C=O) groups excluding carboxylic acids is 2. The van der Waals surface area contributed by atoms with E-state index >= 15 is 0 Å². The number of hydrogen-bond donors (Lipinski definition) is 6. The van der Waals surface area contributed by atoms with Gasteiger partial charge in [-0.15, -0.1) is 18.0 Å². The number of aromatic nitrogens is 4. The maximum absolute atomic E-state index is 14.9. The topological polar surface area (TPSA) is 344 Å². The van der Waals surface area contributed by atoms with Crippen molar-refractivity contribution in [1.82, 2.24) is 30.2 Å². The molecule has 8 rings (SSSR count). The summed E-state index contributed by atoms with van der Waals surface area (Å²) < 4.78 is 94.3. The summed E-state index contributed by atoms with van der Waals surface area (Å²) in [7, 11) is 0.380. The zero-order chi connectivity index (χ0) is 62.9. The molecule has 33 heteroatoms. The second-order valence-corrected chi connectivity index (χ2v) is 23.0. The zero-order valence-electron chi connectivity index (χ0n) is 46.4. The number of amides is 2. The maximum atomic E-state index is 14.9. The SMILES string of the molecule is CC(Br)C(=O)Nc1ccc(Oc2ccc(F)cc2)cn1.CC(C(=O)Nc1ccc(Oc2ccc(F)cc2)cn1)N1CCC(F)(F)C(c2c[nH]c(=O)c(CN=[N+]=[N-])c2)C1.CP(C)C.O=[N+]([O-])O.[Ag].[N-]=[N+]=NCc1cc(C2CNCCC2(F)F)c[nH]c1=O. The number of carbonyl (C=O) groups is 2. The summed E-state index contributed by atoms with van der Waals surface area (Å²) in [5.74, 6) is -6.96. The molecule has 465 valence electrons. The summed E-state index contributed by atoms with van der Waals surface area (Å²) >= 11 is 3.17. The van der Waals surface area contributed by atoms with Crippen LogP contribution in [0.5, 0.6) is 23.0 Å². The molecule has 86 heavy (non-hydrogen) atoms. The number of aromatic amines is 2. The molecule has 4 aromatic heterocycles. The number of pyridine rings is 4. The molecule has 0 aliphatic carbocycles. The van der Waals surface area contributed by atoms with Gasteiger partial charge in [-0.2, -0.15) is 0 Å². The number of nitrogens with one attached hydrogen (secondary N) is 5. The molecule has 4 atom stereocenters. The Morgan fingerprint density at radius 1 is 0.779 bits per heavy atom. The molecule has 2 amide bonds. The second kappa shape index (κ2) is 35.6. The Bertz CT molecular complexity index is 3360. The summed E-state index contributed by atoms with van der Waals surface area (Å²) in [6.45, 7) is 9.91. The van der Waals surface area contributed by atoms with Crippen LogP contribution in [-0.4, -0.2) is 116 Å². The van der Waals surface area contributed by atoms with Crippen molar-refractivity contribution in [1.29, 1.82) is 0 Å². The van der Waals surface area contributed by atoms with E-state index in [4.69, 9.17) is 35.9 Å². The zero-order valence-corrected chi connectivity index (χ0v) is 50.4. The first-order valence-corrected chi connectivity index (χ1v) is 29.0. The largest absolute Gasteiger partial charge is 0.456 e. The van der Waals surface area contributed by atoms with Gasteiger partial charge in [-0.3, -0.25) is 24.1 Å². The van der Waals surface area contributed by atoms with Crippen LogP contribution in [0.15, 0.2) is 130 Å². The molecule has 2 fully saturated rings. The number of anilines is 2. The molecular formula is C53H59AgBrF6N15O9P. The third-order valence-electron chi connectivity index (χ3n) is 11.9. The predicted octanol–water partition coefficient (Wildman–Crippen LogP) is 11.6. The summed E-state index contributed by atoms with van der Waals surface area (Å²) in [5, 5.41) is 28.5. The normalized spacial score (nSPS) is 16.1. The number of alkyl halides is 5. The minimum absolute atomic E-state index is 0. The minimum Gasteiger partial charge on any atom is -0.456 e. The third kappa shape index (κ3) is 24.6. The molecule has 0 bridgehead atoms. The van der Waals surface area contributed by atoms with E-state index in [0.29, 0.717) is 42.3 Å². The second-order valence-electron chi connectivity index (χ2n) is 18.9. The Kier molecular flexibility index (Phi) is 29.9. The first-order valence-electron chi connectivity index (χ1n) is 25.4. The minimum atomic E-state index is -3.07. The monoisotopic (exact) mass is 1380 g/mol. The number of ether oxygens (including phenoxy) is 2. The van der Waals surface area contributed by atoms with E-state index in [-0.39, 0.29) is 113 Å². The van der Waals surface area contributed by atoms with Crippen LogP contribution in [0.2, 0.25) is 0 Å². The first kappa shape index (κ1) is 72.4. The standard InChI is InChI=1S/C25H24F3N7O3.C14H12BrFN2O2.C11H13F2N5O.C3H9P.Ag.HNO3/c1-15(23(36)33-22-7-6-20(13-30-22)38-19-4-2-18(26)3-5-19)35-9-8-25(27,28)21(14-35)16-10-17(12-32-34-29)24(37)31-11-16;1-9(15)14(19)18-13-7-6-12(8-17-13)20-11-4-2-10(16)3-5-11;12-11(13)1-2-15-6-9(11)7-3-8(5-17-18-14)10(19)16-4-7;1-4(2)3;;2-1(3)4/h2-7,10-11,13,15,21H,8-9,12,14H2,1H3,(H,31,37)(H,30,33,36);2-9H,1H3,(H,17,18,19);3-4,9,15H,1-2,5-6H2,(H,16,19);1-3H3;;(H,2,3,4). The van der Waals surface area contributed by atoms with Crippen molar-refractivity contribution in [3.8, 4) is 23.0 Å². The van der Waals surface area contributed by atoms with Gasteiger partial charge in [0.25, 0.3) is 28.1 Å². The van der Waals surface area contributed by atoms with Gasteiger partial charge < -0.3 is 40.6 Å². The summed E-state index contributed by atoms with van der Waals surface area (Å²) in [6, 6.07) is 19.5. The quantitative estimate of drug-likeness (QED) is 0.00642. The van der Waals surface area contributed by atoms with E-state index in [1.54, 1.807) is 36.9 Å². The van der Waals surface area contributed by atoms with Crippen LogP contribution in [0.4, 0.5) is 38.0 Å². The maximum Gasteiger partial charge on any atom is 0.291 e. The Labute approximate surface area is 512 Å². The average molecular weight is 1380 g/mol. The molecular weight excluding hydrogens is 1320 g/mol. The number of hydrogen-bond acceptors (Lipinski definition) is 14. The number of azide groups is 2. The van der Waals surface area contributed by atoms with E-state index in [2.05, 4.69) is 91.9 Å². The van der Waals surface area contributed by atoms with Crippen LogP contribution in [0.25, 0.3) is 20.9 Å². The van der Waals surface area contributed by atoms with Gasteiger partial charge in [-0.05, 0) is 141 Å². The molecule has 2 saturated heterocycles. The van der Waals surface area contributed by atoms with Crippen molar-refractivity contribution in [2.75, 3.05) is 56.8 Å². The molecule has 0 spiro atoms. The van der Waals surface area contributed by atoms with Crippen molar-refractivity contribution in [2.45, 2.75) is 74.3 Å². The smallest absolute Gasteiger partial charge is 0.291 e. The fourth-order valence-electron chi connectivity index (χ4n) is 7.70. The number of piperidine rings is 2. The molecule has 2 aromatic carbocycles. The number of rotatable bonds is 15. The Morgan fingerprint density at radius 2 is 1.19 bits per heavy atom. The van der Waals surface area contributed by atoms with Crippen molar-refractivity contribution < 1.29 is 78.1 Å². The molecule has 0 saturated carbocycles. The predicted molar refractivity (Wildman–Crippen MR) is 309 cm³/mol. The van der Waals surface area contributed by atoms with Crippen LogP contribution in [0.3, 0.4) is 0 Å². The molecule has 1 radical (unpaired) electrons. The van der Waals surface area contributed by atoms with Crippen molar-refractivity contribution >= 4 is 47.3 Å². The van der Waals surface area contributed by atoms with Gasteiger partial charge in [0.15, 0.2) is 0 Å². The van der Waals surface area contributed by atoms with Gasteiger partial charge in [-0.25, -0.2) is 36.3 Å². The average Bonchev–Trinajstić information content (AvgIpc) is 1.34. The summed E-state index contributed by atoms with van der Waals surface area (Å²) in [6.07, 6.45) is 4.70. The number of benzene rings is 2. The number of H-pyrrole nitrogens is 2. The van der Waals surface area contributed by atoms with Crippen molar-refractivity contribution in [2.24, 2.45) is 10.2 Å². The van der Waals surface area contributed by atoms with Crippen LogP contribution >= 0.6 is 23.9 Å². The van der Waals surface area contributed by atoms with E-state index in [1.807, 2.05) is 0 Å². The molecule has 2 aliphatic rings. The Morgan fingerprint density at radius 3 is 1.58 bits per heavy atom. The van der Waals surface area contributed by atoms with Crippen LogP contribution < -0.4 is 36.5 Å². The van der Waals surface area contributed by atoms with Crippen LogP contribution in [-0.2, 0) is 45.1 Å². The van der Waals surface area contributed by atoms with E-state index in [1.165, 1.54) is 91.5 Å². The number of nitrogens with zero attached hydrogens (tertiary/aromatic N) is 10. The van der Waals surface area contributed by atoms with Gasteiger partial charge in [-0.1, -0.05) is 26.2 Å². The van der Waals surface area contributed by atoms with Crippen LogP contribution in [0, 0.1) is 21.7 Å². The fraction of sp³-hybridized carbons (Fsp3) is 0.358. The Hall–Kier alpha value is -7.85. The van der Waals surface area contributed by atoms with E-state index in [0.717, 1.165) is 0 Å². The molecule has 6 heterocycles. The van der Waals surface area contributed by atoms with Gasteiger partial charge >= 0.3 is 0 Å². The van der Waals surface area contributed by atoms with Crippen LogP contribution in [0.1, 0.15) is 60.8 Å². The van der Waals surface area contributed by atoms with Gasteiger partial charge in [0.05, 0.1) is 48.2 Å². The van der Waals surface area contributed by atoms with E-state index < -0.39 is 58.3 Å². The molecule has 24 nitrogen and oxygen atoms in total. The van der Waals surface area contributed by atoms with Crippen molar-refractivity contribution in [3.63, 3.8) is 0 Å².